The van der Waals surface area contributed by atoms with E-state index in [4.69, 9.17) is 5.84 Å². The van der Waals surface area contributed by atoms with Crippen molar-refractivity contribution in [3.8, 4) is 11.4 Å². The lowest BCUT2D eigenvalue weighted by atomic mass is 10.2. The summed E-state index contributed by atoms with van der Waals surface area (Å²) in [6.07, 6.45) is 0. The fourth-order valence-electron chi connectivity index (χ4n) is 2.21. The SMILES string of the molecule is CC(Sc1nnc(-c2ccccc2F)n1N)C(=O)Nc1cccc(Br)c1. The molecule has 0 saturated carbocycles. The molecule has 26 heavy (non-hydrogen) atoms. The lowest BCUT2D eigenvalue weighted by molar-refractivity contribution is -0.115. The summed E-state index contributed by atoms with van der Waals surface area (Å²) in [4.78, 5) is 12.4. The van der Waals surface area contributed by atoms with Gasteiger partial charge in [-0.05, 0) is 37.3 Å². The molecule has 1 amide bonds. The van der Waals surface area contributed by atoms with Crippen LogP contribution in [-0.2, 0) is 4.79 Å². The number of hydrogen-bond donors (Lipinski definition) is 2. The smallest absolute Gasteiger partial charge is 0.237 e. The number of anilines is 1. The van der Waals surface area contributed by atoms with Gasteiger partial charge in [0.2, 0.25) is 11.1 Å². The summed E-state index contributed by atoms with van der Waals surface area (Å²) in [7, 11) is 0. The average Bonchev–Trinajstić information content (AvgIpc) is 2.96. The Hall–Kier alpha value is -2.39. The summed E-state index contributed by atoms with van der Waals surface area (Å²) < 4.78 is 16.0. The van der Waals surface area contributed by atoms with Crippen LogP contribution in [0, 0.1) is 5.82 Å². The summed E-state index contributed by atoms with van der Waals surface area (Å²) in [5.41, 5.74) is 0.929. The second kappa shape index (κ2) is 7.88. The van der Waals surface area contributed by atoms with Crippen LogP contribution in [0.5, 0.6) is 0 Å². The van der Waals surface area contributed by atoms with Gasteiger partial charge in [-0.2, -0.15) is 0 Å². The zero-order chi connectivity index (χ0) is 18.7. The van der Waals surface area contributed by atoms with Crippen LogP contribution < -0.4 is 11.2 Å². The zero-order valence-corrected chi connectivity index (χ0v) is 16.1. The maximum absolute atomic E-state index is 13.9. The maximum atomic E-state index is 13.9. The van der Waals surface area contributed by atoms with E-state index in [9.17, 15) is 9.18 Å². The number of hydrogen-bond acceptors (Lipinski definition) is 5. The summed E-state index contributed by atoms with van der Waals surface area (Å²) in [6.45, 7) is 1.73. The average molecular weight is 436 g/mol. The third kappa shape index (κ3) is 4.05. The number of amides is 1. The van der Waals surface area contributed by atoms with Gasteiger partial charge in [0, 0.05) is 10.2 Å². The van der Waals surface area contributed by atoms with Crippen molar-refractivity contribution in [2.75, 3.05) is 11.2 Å². The third-order valence-electron chi connectivity index (χ3n) is 3.52. The number of carbonyl (C=O) groups excluding carboxylic acids is 1. The van der Waals surface area contributed by atoms with E-state index in [2.05, 4.69) is 31.4 Å². The van der Waals surface area contributed by atoms with E-state index in [1.165, 1.54) is 10.7 Å². The van der Waals surface area contributed by atoms with Gasteiger partial charge in [-0.15, -0.1) is 10.2 Å². The number of benzene rings is 2. The number of nitrogen functional groups attached to an aromatic ring is 1. The largest absolute Gasteiger partial charge is 0.335 e. The number of nitrogens with two attached hydrogens (primary N) is 1. The molecule has 0 aliphatic heterocycles. The molecular weight excluding hydrogens is 421 g/mol. The Morgan fingerprint density at radius 1 is 1.27 bits per heavy atom. The van der Waals surface area contributed by atoms with Crippen LogP contribution in [0.2, 0.25) is 0 Å². The van der Waals surface area contributed by atoms with Crippen molar-refractivity contribution in [2.45, 2.75) is 17.3 Å². The molecule has 6 nitrogen and oxygen atoms in total. The number of nitrogens with zero attached hydrogens (tertiary/aromatic N) is 3. The Labute approximate surface area is 162 Å². The van der Waals surface area contributed by atoms with Crippen LogP contribution in [0.25, 0.3) is 11.4 Å². The lowest BCUT2D eigenvalue weighted by Gasteiger charge is -2.12. The van der Waals surface area contributed by atoms with Crippen LogP contribution in [-0.4, -0.2) is 26.0 Å². The molecule has 9 heteroatoms. The van der Waals surface area contributed by atoms with Crippen LogP contribution in [0.15, 0.2) is 58.2 Å². The molecular formula is C17H15BrFN5OS. The monoisotopic (exact) mass is 435 g/mol. The quantitative estimate of drug-likeness (QED) is 0.471. The first-order chi connectivity index (χ1) is 12.5. The second-order valence-electron chi connectivity index (χ2n) is 5.42. The molecule has 1 heterocycles. The van der Waals surface area contributed by atoms with E-state index in [0.717, 1.165) is 16.2 Å². The van der Waals surface area contributed by atoms with Crippen LogP contribution in [0.4, 0.5) is 10.1 Å². The standard InChI is InChI=1S/C17H15BrFN5OS/c1-10(16(25)21-12-6-4-5-11(18)9-12)26-17-23-22-15(24(17)20)13-7-2-3-8-14(13)19/h2-10H,20H2,1H3,(H,21,25). The van der Waals surface area contributed by atoms with Crippen LogP contribution in [0.1, 0.15) is 6.92 Å². The number of halogens is 2. The number of thioether (sulfide) groups is 1. The van der Waals surface area contributed by atoms with Crippen LogP contribution in [0.3, 0.4) is 0 Å². The first-order valence-electron chi connectivity index (χ1n) is 7.64. The molecule has 0 aliphatic carbocycles. The molecule has 3 aromatic rings. The summed E-state index contributed by atoms with van der Waals surface area (Å²) in [5.74, 6) is 5.54. The van der Waals surface area contributed by atoms with Crippen molar-refractivity contribution in [3.05, 3.63) is 58.8 Å². The number of aromatic nitrogens is 3. The van der Waals surface area contributed by atoms with E-state index in [1.54, 1.807) is 37.3 Å². The molecule has 1 unspecified atom stereocenters. The van der Waals surface area contributed by atoms with Gasteiger partial charge < -0.3 is 11.2 Å². The topological polar surface area (TPSA) is 85.8 Å². The second-order valence-corrected chi connectivity index (χ2v) is 7.64. The van der Waals surface area contributed by atoms with Gasteiger partial charge in [0.05, 0.1) is 10.8 Å². The zero-order valence-electron chi connectivity index (χ0n) is 13.7. The van der Waals surface area contributed by atoms with Crippen molar-refractivity contribution in [2.24, 2.45) is 0 Å². The molecule has 1 aromatic heterocycles. The highest BCUT2D eigenvalue weighted by Crippen LogP contribution is 2.27. The van der Waals surface area contributed by atoms with Crippen molar-refractivity contribution in [3.63, 3.8) is 0 Å². The van der Waals surface area contributed by atoms with Gasteiger partial charge in [-0.1, -0.05) is 45.9 Å². The van der Waals surface area contributed by atoms with E-state index in [0.29, 0.717) is 10.8 Å². The molecule has 0 aliphatic rings. The Morgan fingerprint density at radius 3 is 2.77 bits per heavy atom. The molecule has 1 atom stereocenters. The van der Waals surface area contributed by atoms with Crippen molar-refractivity contribution in [1.29, 1.82) is 0 Å². The molecule has 2 aromatic carbocycles. The molecule has 0 fully saturated rings. The van der Waals surface area contributed by atoms with Gasteiger partial charge in [-0.25, -0.2) is 9.07 Å². The molecule has 0 spiro atoms. The molecule has 0 saturated heterocycles. The number of nitrogens with one attached hydrogen (secondary N) is 1. The first kappa shape index (κ1) is 18.4. The highest BCUT2D eigenvalue weighted by molar-refractivity contribution is 9.10. The van der Waals surface area contributed by atoms with Gasteiger partial charge in [-0.3, -0.25) is 4.79 Å². The molecule has 0 radical (unpaired) electrons. The fraction of sp³-hybridized carbons (Fsp3) is 0.118. The Kier molecular flexibility index (Phi) is 5.58. The summed E-state index contributed by atoms with van der Waals surface area (Å²) >= 11 is 4.50. The number of carbonyl (C=O) groups is 1. The van der Waals surface area contributed by atoms with E-state index >= 15 is 0 Å². The normalized spacial score (nSPS) is 12.0. The first-order valence-corrected chi connectivity index (χ1v) is 9.31. The summed E-state index contributed by atoms with van der Waals surface area (Å²) in [6, 6.07) is 13.5. The van der Waals surface area contributed by atoms with Gasteiger partial charge in [0.25, 0.3) is 0 Å². The lowest BCUT2D eigenvalue weighted by Crippen LogP contribution is -2.23. The van der Waals surface area contributed by atoms with Crippen molar-refractivity contribution >= 4 is 39.3 Å². The highest BCUT2D eigenvalue weighted by Gasteiger charge is 2.21. The minimum atomic E-state index is -0.478. The minimum absolute atomic E-state index is 0.199. The Morgan fingerprint density at radius 2 is 2.04 bits per heavy atom. The molecule has 3 rings (SSSR count). The van der Waals surface area contributed by atoms with E-state index in [-0.39, 0.29) is 17.3 Å². The Bertz CT molecular complexity index is 948. The van der Waals surface area contributed by atoms with Crippen LogP contribution >= 0.6 is 27.7 Å². The molecule has 134 valence electrons. The van der Waals surface area contributed by atoms with Gasteiger partial charge in [0.15, 0.2) is 5.82 Å². The Balaban J connectivity index is 1.73. The minimum Gasteiger partial charge on any atom is -0.335 e. The van der Waals surface area contributed by atoms with Gasteiger partial charge >= 0.3 is 0 Å². The predicted molar refractivity (Wildman–Crippen MR) is 104 cm³/mol. The van der Waals surface area contributed by atoms with Crippen molar-refractivity contribution < 1.29 is 9.18 Å². The van der Waals surface area contributed by atoms with E-state index in [1.807, 2.05) is 12.1 Å². The molecule has 3 N–H and O–H groups in total. The maximum Gasteiger partial charge on any atom is 0.237 e. The predicted octanol–water partition coefficient (Wildman–Crippen LogP) is 3.68. The fourth-order valence-corrected chi connectivity index (χ4v) is 3.37. The number of rotatable bonds is 5. The third-order valence-corrected chi connectivity index (χ3v) is 5.07. The van der Waals surface area contributed by atoms with E-state index < -0.39 is 11.1 Å². The molecule has 0 bridgehead atoms. The summed E-state index contributed by atoms with van der Waals surface area (Å²) in [5, 5.41) is 10.6. The highest BCUT2D eigenvalue weighted by atomic mass is 79.9. The van der Waals surface area contributed by atoms with Gasteiger partial charge in [0.1, 0.15) is 5.82 Å². The van der Waals surface area contributed by atoms with Crippen molar-refractivity contribution in [1.82, 2.24) is 14.9 Å².